The zero-order valence-electron chi connectivity index (χ0n) is 31.0. The van der Waals surface area contributed by atoms with Crippen LogP contribution in [0.15, 0.2) is 73.3 Å². The van der Waals surface area contributed by atoms with Crippen LogP contribution in [0, 0.1) is 12.7 Å². The molecule has 10 nitrogen and oxygen atoms in total. The quantitative estimate of drug-likeness (QED) is 0.100. The predicted octanol–water partition coefficient (Wildman–Crippen LogP) is 8.41. The second-order valence-corrected chi connectivity index (χ2v) is 14.1. The highest BCUT2D eigenvalue weighted by atomic mass is 19.1. The Hall–Kier alpha value is -4.74. The van der Waals surface area contributed by atoms with Crippen LogP contribution in [0.4, 0.5) is 19.7 Å². The van der Waals surface area contributed by atoms with E-state index in [0.29, 0.717) is 23.6 Å². The third-order valence-electron chi connectivity index (χ3n) is 7.50. The van der Waals surface area contributed by atoms with Crippen molar-refractivity contribution in [3.8, 4) is 11.5 Å². The number of aliphatic hydroxyl groups is 1. The number of hydrogen-bond acceptors (Lipinski definition) is 9. The fourth-order valence-electron chi connectivity index (χ4n) is 5.34. The highest BCUT2D eigenvalue weighted by molar-refractivity contribution is 6.13. The fraction of sp³-hybridized carbons (Fsp3) is 0.425. The molecule has 276 valence electrons. The van der Waals surface area contributed by atoms with E-state index in [4.69, 9.17) is 18.9 Å². The van der Waals surface area contributed by atoms with E-state index in [1.54, 1.807) is 102 Å². The Morgan fingerprint density at radius 1 is 0.922 bits per heavy atom. The lowest BCUT2D eigenvalue weighted by Gasteiger charge is -2.34. The third kappa shape index (κ3) is 11.4. The molecule has 51 heavy (non-hydrogen) atoms. The van der Waals surface area contributed by atoms with Crippen LogP contribution in [-0.2, 0) is 22.5 Å². The van der Waals surface area contributed by atoms with Gasteiger partial charge in [-0.15, -0.1) is 6.58 Å². The summed E-state index contributed by atoms with van der Waals surface area (Å²) in [6, 6.07) is 16.5. The first-order valence-corrected chi connectivity index (χ1v) is 17.0. The highest BCUT2D eigenvalue weighted by Crippen LogP contribution is 2.43. The van der Waals surface area contributed by atoms with E-state index in [2.05, 4.69) is 6.58 Å². The molecule has 1 atom stereocenters. The number of anilines is 1. The molecule has 0 spiro atoms. The molecule has 0 heterocycles. The molecule has 3 aromatic rings. The molecule has 0 fully saturated rings. The summed E-state index contributed by atoms with van der Waals surface area (Å²) in [5.41, 5.74) is -2.58. The molecule has 0 bridgehead atoms. The van der Waals surface area contributed by atoms with Crippen molar-refractivity contribution in [3.05, 3.63) is 101 Å². The van der Waals surface area contributed by atoms with Gasteiger partial charge in [-0.2, -0.15) is 4.90 Å². The normalized spacial score (nSPS) is 12.2. The number of halogens is 1. The van der Waals surface area contributed by atoms with Crippen LogP contribution in [0.25, 0.3) is 0 Å². The van der Waals surface area contributed by atoms with Gasteiger partial charge in [0.05, 0.1) is 6.61 Å². The largest absolute Gasteiger partial charge is 0.486 e. The standard InChI is InChI=1S/C40H51FN2O8/c1-10-22-42(23-11-2)29(25-44)24-31-33(41)27(3)32(36(45)49-30-20-16-13-17-21-30)35(48-26-28-18-14-12-15-19-28)34(31)43(37(46)50-39(4,5)6)38(47)51-40(7,8)9/h10,12-21,29,44H,1,11,22-26H2,2-9H3. The van der Waals surface area contributed by atoms with Crippen LogP contribution in [0.3, 0.4) is 0 Å². The minimum atomic E-state index is -1.19. The predicted molar refractivity (Wildman–Crippen MR) is 195 cm³/mol. The Balaban J connectivity index is 2.48. The molecule has 0 aliphatic carbocycles. The number of carbonyl (C=O) groups excluding carboxylic acids is 3. The van der Waals surface area contributed by atoms with E-state index in [9.17, 15) is 19.5 Å². The first-order valence-electron chi connectivity index (χ1n) is 17.0. The molecule has 3 rings (SSSR count). The van der Waals surface area contributed by atoms with E-state index in [0.717, 1.165) is 6.42 Å². The van der Waals surface area contributed by atoms with Crippen LogP contribution in [0.1, 0.15) is 81.9 Å². The molecule has 0 aliphatic rings. The summed E-state index contributed by atoms with van der Waals surface area (Å²) in [6.07, 6.45) is -0.193. The monoisotopic (exact) mass is 706 g/mol. The number of rotatable bonds is 14. The number of hydrogen-bond donors (Lipinski definition) is 1. The van der Waals surface area contributed by atoms with Crippen LogP contribution >= 0.6 is 0 Å². The molecule has 0 saturated heterocycles. The molecule has 0 saturated carbocycles. The molecular formula is C40H51FN2O8. The van der Waals surface area contributed by atoms with E-state index in [1.165, 1.54) is 6.92 Å². The smallest absolute Gasteiger partial charge is 0.424 e. The number of amides is 2. The van der Waals surface area contributed by atoms with Gasteiger partial charge >= 0.3 is 18.2 Å². The van der Waals surface area contributed by atoms with Crippen molar-refractivity contribution in [1.29, 1.82) is 0 Å². The molecule has 2 amide bonds. The van der Waals surface area contributed by atoms with Crippen molar-refractivity contribution in [2.75, 3.05) is 24.6 Å². The molecule has 0 radical (unpaired) electrons. The van der Waals surface area contributed by atoms with Crippen molar-refractivity contribution in [1.82, 2.24) is 4.90 Å². The van der Waals surface area contributed by atoms with E-state index in [-0.39, 0.29) is 41.2 Å². The highest BCUT2D eigenvalue weighted by Gasteiger charge is 2.41. The zero-order valence-corrected chi connectivity index (χ0v) is 31.0. The van der Waals surface area contributed by atoms with Gasteiger partial charge in [0, 0.05) is 23.7 Å². The van der Waals surface area contributed by atoms with Gasteiger partial charge in [0.2, 0.25) is 0 Å². The Kier molecular flexibility index (Phi) is 14.3. The Labute approximate surface area is 300 Å². The Morgan fingerprint density at radius 3 is 1.96 bits per heavy atom. The van der Waals surface area contributed by atoms with E-state index >= 15 is 4.39 Å². The number of para-hydroxylation sites is 1. The summed E-state index contributed by atoms with van der Waals surface area (Å²) in [5, 5.41) is 10.7. The molecule has 11 heteroatoms. The average molecular weight is 707 g/mol. The number of ether oxygens (including phenoxy) is 4. The maximum atomic E-state index is 17.1. The molecule has 1 N–H and O–H groups in total. The third-order valence-corrected chi connectivity index (χ3v) is 7.50. The molecule has 1 unspecified atom stereocenters. The maximum absolute atomic E-state index is 17.1. The van der Waals surface area contributed by atoms with Crippen LogP contribution in [0.5, 0.6) is 11.5 Å². The number of nitrogens with zero attached hydrogens (tertiary/aromatic N) is 2. The lowest BCUT2D eigenvalue weighted by Crippen LogP contribution is -2.45. The van der Waals surface area contributed by atoms with Crippen molar-refractivity contribution in [3.63, 3.8) is 0 Å². The maximum Gasteiger partial charge on any atom is 0.424 e. The summed E-state index contributed by atoms with van der Waals surface area (Å²) in [5.74, 6) is -2.01. The second-order valence-electron chi connectivity index (χ2n) is 14.1. The summed E-state index contributed by atoms with van der Waals surface area (Å²) in [7, 11) is 0. The number of aliphatic hydroxyl groups excluding tert-OH is 1. The van der Waals surface area contributed by atoms with E-state index in [1.807, 2.05) is 17.9 Å². The number of esters is 1. The number of benzene rings is 3. The summed E-state index contributed by atoms with van der Waals surface area (Å²) < 4.78 is 40.6. The van der Waals surface area contributed by atoms with Gasteiger partial charge in [0.15, 0.2) is 5.75 Å². The lowest BCUT2D eigenvalue weighted by atomic mass is 9.94. The van der Waals surface area contributed by atoms with Gasteiger partial charge in [-0.05, 0) is 85.5 Å². The summed E-state index contributed by atoms with van der Waals surface area (Å²) in [6.45, 7) is 17.3. The fourth-order valence-corrected chi connectivity index (χ4v) is 5.34. The first kappa shape index (κ1) is 40.7. The minimum Gasteiger partial charge on any atom is -0.486 e. The minimum absolute atomic E-state index is 0.137. The van der Waals surface area contributed by atoms with Crippen LogP contribution in [-0.4, -0.2) is 65.1 Å². The molecule has 0 aliphatic heterocycles. The van der Waals surface area contributed by atoms with Crippen molar-refractivity contribution >= 4 is 23.8 Å². The number of imide groups is 1. The molecule has 0 aromatic heterocycles. The second kappa shape index (κ2) is 18.0. The van der Waals surface area contributed by atoms with Gasteiger partial charge in [0.25, 0.3) is 0 Å². The SMILES string of the molecule is C=CCN(CCC)C(CO)Cc1c(F)c(C)c(C(=O)Oc2ccccc2)c(OCc2ccccc2)c1N(C(=O)OC(C)(C)C)C(=O)OC(C)(C)C. The summed E-state index contributed by atoms with van der Waals surface area (Å²) >= 11 is 0. The van der Waals surface area contributed by atoms with Crippen molar-refractivity contribution < 1.29 is 42.8 Å². The van der Waals surface area contributed by atoms with Crippen LogP contribution in [0.2, 0.25) is 0 Å². The number of carbonyl (C=O) groups is 3. The van der Waals surface area contributed by atoms with Crippen LogP contribution < -0.4 is 14.4 Å². The van der Waals surface area contributed by atoms with Gasteiger partial charge in [-0.25, -0.2) is 18.8 Å². The zero-order chi connectivity index (χ0) is 37.9. The van der Waals surface area contributed by atoms with Gasteiger partial charge in [-0.1, -0.05) is 61.5 Å². The average Bonchev–Trinajstić information content (AvgIpc) is 3.04. The van der Waals surface area contributed by atoms with Gasteiger partial charge in [0.1, 0.15) is 40.6 Å². The van der Waals surface area contributed by atoms with Gasteiger partial charge in [-0.3, -0.25) is 4.90 Å². The first-order chi connectivity index (χ1) is 24.0. The van der Waals surface area contributed by atoms with Crippen molar-refractivity contribution in [2.24, 2.45) is 0 Å². The molecule has 3 aromatic carbocycles. The molecular weight excluding hydrogens is 655 g/mol. The Bertz CT molecular complexity index is 1620. The van der Waals surface area contributed by atoms with Crippen molar-refractivity contribution in [2.45, 2.75) is 92.1 Å². The van der Waals surface area contributed by atoms with E-state index < -0.39 is 53.5 Å². The van der Waals surface area contributed by atoms with Gasteiger partial charge < -0.3 is 24.1 Å². The summed E-state index contributed by atoms with van der Waals surface area (Å²) in [4.78, 5) is 44.9. The topological polar surface area (TPSA) is 115 Å². The Morgan fingerprint density at radius 2 is 1.47 bits per heavy atom. The lowest BCUT2D eigenvalue weighted by molar-refractivity contribution is 0.0426.